The number of aromatic nitrogens is 2. The zero-order valence-electron chi connectivity index (χ0n) is 17.8. The average molecular weight is 512 g/mol. The second kappa shape index (κ2) is 10.9. The fraction of sp³-hybridized carbons (Fsp3) is 0.571. The highest BCUT2D eigenvalue weighted by molar-refractivity contribution is 14.0. The number of nitrogens with zero attached hydrogens (tertiary/aromatic N) is 4. The molecule has 2 aromatic heterocycles. The number of aliphatic imine (C=N–C) groups is 1. The molecule has 1 fully saturated rings. The van der Waals surface area contributed by atoms with E-state index < -0.39 is 0 Å². The fourth-order valence-corrected chi connectivity index (χ4v) is 3.24. The van der Waals surface area contributed by atoms with Crippen molar-refractivity contribution in [1.29, 1.82) is 0 Å². The number of nitrogens with one attached hydrogen (secondary N) is 2. The van der Waals surface area contributed by atoms with Gasteiger partial charge >= 0.3 is 0 Å². The number of guanidine groups is 1. The Morgan fingerprint density at radius 2 is 2.00 bits per heavy atom. The van der Waals surface area contributed by atoms with Crippen molar-refractivity contribution in [1.82, 2.24) is 25.5 Å². The zero-order chi connectivity index (χ0) is 20.0. The SMILES string of the molecule is CN=C(NCc1ncc(C(C)(C)C)o1)NC1CCN(Cc2ccccn2)CC1.I. The molecular weight excluding hydrogens is 479 g/mol. The summed E-state index contributed by atoms with van der Waals surface area (Å²) < 4.78 is 5.83. The van der Waals surface area contributed by atoms with Gasteiger partial charge in [-0.15, -0.1) is 24.0 Å². The van der Waals surface area contributed by atoms with Crippen LogP contribution in [0.1, 0.15) is 51.0 Å². The zero-order valence-corrected chi connectivity index (χ0v) is 20.1. The van der Waals surface area contributed by atoms with Crippen LogP contribution in [0.15, 0.2) is 40.0 Å². The van der Waals surface area contributed by atoms with E-state index in [1.807, 2.05) is 24.5 Å². The van der Waals surface area contributed by atoms with Crippen molar-refractivity contribution in [3.8, 4) is 0 Å². The third-order valence-corrected chi connectivity index (χ3v) is 4.96. The Morgan fingerprint density at radius 3 is 2.59 bits per heavy atom. The Hall–Kier alpha value is -1.68. The highest BCUT2D eigenvalue weighted by atomic mass is 127. The molecular formula is C21H33IN6O. The summed E-state index contributed by atoms with van der Waals surface area (Å²) in [5.41, 5.74) is 1.10. The van der Waals surface area contributed by atoms with Gasteiger partial charge < -0.3 is 15.1 Å². The third kappa shape index (κ3) is 7.26. The van der Waals surface area contributed by atoms with Gasteiger partial charge in [0.25, 0.3) is 0 Å². The molecule has 0 bridgehead atoms. The first kappa shape index (κ1) is 23.6. The molecule has 0 unspecified atom stereocenters. The van der Waals surface area contributed by atoms with Gasteiger partial charge in [0.2, 0.25) is 5.89 Å². The number of hydrogen-bond acceptors (Lipinski definition) is 5. The maximum Gasteiger partial charge on any atom is 0.213 e. The highest BCUT2D eigenvalue weighted by Crippen LogP contribution is 2.22. The summed E-state index contributed by atoms with van der Waals surface area (Å²) in [6.07, 6.45) is 5.84. The van der Waals surface area contributed by atoms with Gasteiger partial charge in [-0.05, 0) is 25.0 Å². The average Bonchev–Trinajstić information content (AvgIpc) is 3.17. The summed E-state index contributed by atoms with van der Waals surface area (Å²) in [7, 11) is 1.79. The summed E-state index contributed by atoms with van der Waals surface area (Å²) in [5, 5.41) is 6.83. The molecule has 0 aliphatic carbocycles. The first-order valence-electron chi connectivity index (χ1n) is 9.98. The minimum atomic E-state index is -0.0333. The summed E-state index contributed by atoms with van der Waals surface area (Å²) in [6.45, 7) is 9.90. The topological polar surface area (TPSA) is 78.6 Å². The lowest BCUT2D eigenvalue weighted by Crippen LogP contribution is -2.48. The smallest absolute Gasteiger partial charge is 0.213 e. The van der Waals surface area contributed by atoms with Crippen molar-refractivity contribution in [3.05, 3.63) is 47.9 Å². The van der Waals surface area contributed by atoms with Crippen LogP contribution in [-0.2, 0) is 18.5 Å². The van der Waals surface area contributed by atoms with E-state index in [0.717, 1.165) is 49.9 Å². The van der Waals surface area contributed by atoms with Gasteiger partial charge in [0.1, 0.15) is 5.76 Å². The number of piperidine rings is 1. The molecule has 2 N–H and O–H groups in total. The molecule has 0 amide bonds. The van der Waals surface area contributed by atoms with Crippen LogP contribution in [0, 0.1) is 0 Å². The molecule has 0 saturated carbocycles. The van der Waals surface area contributed by atoms with E-state index >= 15 is 0 Å². The molecule has 8 heteroatoms. The van der Waals surface area contributed by atoms with E-state index in [2.05, 4.69) is 57.3 Å². The van der Waals surface area contributed by atoms with E-state index in [1.165, 1.54) is 0 Å². The molecule has 1 aliphatic rings. The summed E-state index contributed by atoms with van der Waals surface area (Å²) in [4.78, 5) is 15.6. The molecule has 0 radical (unpaired) electrons. The van der Waals surface area contributed by atoms with Gasteiger partial charge in [0.05, 0.1) is 18.4 Å². The van der Waals surface area contributed by atoms with Gasteiger partial charge in [-0.25, -0.2) is 4.98 Å². The number of halogens is 1. The van der Waals surface area contributed by atoms with Crippen LogP contribution in [0.3, 0.4) is 0 Å². The summed E-state index contributed by atoms with van der Waals surface area (Å²) >= 11 is 0. The van der Waals surface area contributed by atoms with E-state index in [1.54, 1.807) is 7.05 Å². The molecule has 3 rings (SSSR count). The number of oxazole rings is 1. The van der Waals surface area contributed by atoms with Crippen LogP contribution in [0.25, 0.3) is 0 Å². The lowest BCUT2D eigenvalue weighted by atomic mass is 9.94. The van der Waals surface area contributed by atoms with Crippen molar-refractivity contribution in [2.75, 3.05) is 20.1 Å². The molecule has 0 atom stereocenters. The minimum Gasteiger partial charge on any atom is -0.443 e. The van der Waals surface area contributed by atoms with E-state index in [9.17, 15) is 0 Å². The van der Waals surface area contributed by atoms with Crippen LogP contribution in [0.5, 0.6) is 0 Å². The second-order valence-electron chi connectivity index (χ2n) is 8.31. The maximum atomic E-state index is 5.83. The van der Waals surface area contributed by atoms with Crippen LogP contribution in [-0.4, -0.2) is 47.0 Å². The molecule has 2 aromatic rings. The van der Waals surface area contributed by atoms with Crippen LogP contribution in [0.4, 0.5) is 0 Å². The molecule has 3 heterocycles. The van der Waals surface area contributed by atoms with Crippen molar-refractivity contribution in [2.45, 2.75) is 58.2 Å². The summed E-state index contributed by atoms with van der Waals surface area (Å²) in [6, 6.07) is 6.51. The van der Waals surface area contributed by atoms with Gasteiger partial charge in [0.15, 0.2) is 5.96 Å². The van der Waals surface area contributed by atoms with Gasteiger partial charge in [0, 0.05) is 44.3 Å². The summed E-state index contributed by atoms with van der Waals surface area (Å²) in [5.74, 6) is 2.37. The lowest BCUT2D eigenvalue weighted by molar-refractivity contribution is 0.196. The first-order chi connectivity index (χ1) is 13.4. The standard InChI is InChI=1S/C21H32N6O.HI/c1-21(2,3)18-13-24-19(28-18)14-25-20(22-4)26-16-8-11-27(12-9-16)15-17-7-5-6-10-23-17;/h5-7,10,13,16H,8-9,11-12,14-15H2,1-4H3,(H2,22,25,26);1H. The molecule has 7 nitrogen and oxygen atoms in total. The molecule has 160 valence electrons. The molecule has 1 aliphatic heterocycles. The Morgan fingerprint density at radius 1 is 1.24 bits per heavy atom. The molecule has 0 spiro atoms. The third-order valence-electron chi connectivity index (χ3n) is 4.96. The van der Waals surface area contributed by atoms with Crippen LogP contribution in [0.2, 0.25) is 0 Å². The van der Waals surface area contributed by atoms with Crippen LogP contribution >= 0.6 is 24.0 Å². The first-order valence-corrected chi connectivity index (χ1v) is 9.98. The number of pyridine rings is 1. The quantitative estimate of drug-likeness (QED) is 0.364. The van der Waals surface area contributed by atoms with E-state index in [-0.39, 0.29) is 29.4 Å². The van der Waals surface area contributed by atoms with Gasteiger partial charge in [-0.1, -0.05) is 26.8 Å². The van der Waals surface area contributed by atoms with Crippen molar-refractivity contribution in [2.24, 2.45) is 4.99 Å². The molecule has 0 aromatic carbocycles. The van der Waals surface area contributed by atoms with Gasteiger partial charge in [-0.3, -0.25) is 14.9 Å². The van der Waals surface area contributed by atoms with Crippen LogP contribution < -0.4 is 10.6 Å². The largest absolute Gasteiger partial charge is 0.443 e. The van der Waals surface area contributed by atoms with Crippen molar-refractivity contribution < 1.29 is 4.42 Å². The van der Waals surface area contributed by atoms with Crippen molar-refractivity contribution >= 4 is 29.9 Å². The molecule has 1 saturated heterocycles. The van der Waals surface area contributed by atoms with E-state index in [0.29, 0.717) is 18.5 Å². The monoisotopic (exact) mass is 512 g/mol. The predicted molar refractivity (Wildman–Crippen MR) is 126 cm³/mol. The lowest BCUT2D eigenvalue weighted by Gasteiger charge is -2.32. The Kier molecular flexibility index (Phi) is 8.88. The normalized spacial score (nSPS) is 16.3. The van der Waals surface area contributed by atoms with Gasteiger partial charge in [-0.2, -0.15) is 0 Å². The van der Waals surface area contributed by atoms with E-state index in [4.69, 9.17) is 4.42 Å². The Labute approximate surface area is 190 Å². The number of hydrogen-bond donors (Lipinski definition) is 2. The van der Waals surface area contributed by atoms with Crippen molar-refractivity contribution in [3.63, 3.8) is 0 Å². The second-order valence-corrected chi connectivity index (χ2v) is 8.31. The molecule has 29 heavy (non-hydrogen) atoms. The maximum absolute atomic E-state index is 5.83. The fourth-order valence-electron chi connectivity index (χ4n) is 3.24. The highest BCUT2D eigenvalue weighted by Gasteiger charge is 2.21. The predicted octanol–water partition coefficient (Wildman–Crippen LogP) is 3.31. The minimum absolute atomic E-state index is 0. The number of rotatable bonds is 5. The number of likely N-dealkylation sites (tertiary alicyclic amines) is 1. The Balaban J connectivity index is 0.00000300. The Bertz CT molecular complexity index is 763.